The van der Waals surface area contributed by atoms with Crippen LogP contribution in [-0.4, -0.2) is 56.3 Å². The number of carbonyl (C=O) groups excluding carboxylic acids is 1. The number of hydrogen-bond acceptors (Lipinski definition) is 4. The number of nitrogens with zero attached hydrogens (tertiary/aromatic N) is 2. The van der Waals surface area contributed by atoms with Crippen LogP contribution in [0.3, 0.4) is 0 Å². The molecule has 2 aromatic carbocycles. The van der Waals surface area contributed by atoms with E-state index >= 15 is 0 Å². The summed E-state index contributed by atoms with van der Waals surface area (Å²) in [4.78, 5) is 15.3. The van der Waals surface area contributed by atoms with Gasteiger partial charge in [-0.3, -0.25) is 4.79 Å². The van der Waals surface area contributed by atoms with E-state index in [-0.39, 0.29) is 29.4 Å². The van der Waals surface area contributed by atoms with Crippen molar-refractivity contribution in [3.05, 3.63) is 64.6 Å². The van der Waals surface area contributed by atoms with Crippen molar-refractivity contribution in [1.82, 2.24) is 9.21 Å². The van der Waals surface area contributed by atoms with Crippen LogP contribution in [0.2, 0.25) is 0 Å². The molecule has 30 heavy (non-hydrogen) atoms. The molecule has 1 amide bonds. The number of amides is 1. The van der Waals surface area contributed by atoms with Gasteiger partial charge in [-0.25, -0.2) is 8.42 Å². The van der Waals surface area contributed by atoms with Crippen LogP contribution in [0, 0.1) is 5.92 Å². The monoisotopic (exact) mass is 492 g/mol. The molecule has 8 heteroatoms. The molecule has 2 fully saturated rings. The molecular formula is C22H25BrN2O4S. The molecule has 2 aliphatic rings. The van der Waals surface area contributed by atoms with Gasteiger partial charge in [-0.05, 0) is 42.7 Å². The van der Waals surface area contributed by atoms with Gasteiger partial charge in [-0.2, -0.15) is 4.31 Å². The maximum atomic E-state index is 13.2. The average Bonchev–Trinajstić information content (AvgIpc) is 2.80. The van der Waals surface area contributed by atoms with E-state index in [1.807, 2.05) is 29.2 Å². The van der Waals surface area contributed by atoms with Crippen molar-refractivity contribution in [2.75, 3.05) is 32.8 Å². The number of benzene rings is 2. The highest BCUT2D eigenvalue weighted by molar-refractivity contribution is 9.10. The number of piperidine rings is 1. The molecule has 2 aromatic rings. The van der Waals surface area contributed by atoms with Crippen LogP contribution >= 0.6 is 15.9 Å². The van der Waals surface area contributed by atoms with Gasteiger partial charge in [0.1, 0.15) is 6.10 Å². The summed E-state index contributed by atoms with van der Waals surface area (Å²) in [6.45, 7) is 2.18. The fourth-order valence-corrected chi connectivity index (χ4v) is 5.90. The van der Waals surface area contributed by atoms with Crippen LogP contribution < -0.4 is 0 Å². The Bertz CT molecular complexity index is 982. The number of sulfonamides is 1. The Morgan fingerprint density at radius 2 is 1.73 bits per heavy atom. The highest BCUT2D eigenvalue weighted by Crippen LogP contribution is 2.28. The minimum absolute atomic E-state index is 0.0216. The van der Waals surface area contributed by atoms with Crippen LogP contribution in [-0.2, 0) is 19.6 Å². The van der Waals surface area contributed by atoms with Gasteiger partial charge in [0.25, 0.3) is 0 Å². The molecule has 0 bridgehead atoms. The number of rotatable bonds is 4. The van der Waals surface area contributed by atoms with E-state index < -0.39 is 10.0 Å². The number of carbonyl (C=O) groups is 1. The number of halogens is 1. The molecule has 2 heterocycles. The molecule has 2 atom stereocenters. The molecule has 0 N–H and O–H groups in total. The molecule has 0 spiro atoms. The minimum Gasteiger partial charge on any atom is -0.370 e. The average molecular weight is 493 g/mol. The molecule has 2 aliphatic heterocycles. The lowest BCUT2D eigenvalue weighted by Gasteiger charge is -2.38. The molecule has 0 aliphatic carbocycles. The second kappa shape index (κ2) is 9.18. The van der Waals surface area contributed by atoms with Crippen LogP contribution in [0.1, 0.15) is 24.5 Å². The van der Waals surface area contributed by atoms with E-state index in [1.165, 1.54) is 4.31 Å². The first-order valence-corrected chi connectivity index (χ1v) is 12.4. The molecule has 160 valence electrons. The van der Waals surface area contributed by atoms with Gasteiger partial charge in [0.2, 0.25) is 15.9 Å². The first kappa shape index (κ1) is 21.5. The molecular weight excluding hydrogens is 468 g/mol. The van der Waals surface area contributed by atoms with E-state index in [4.69, 9.17) is 4.74 Å². The van der Waals surface area contributed by atoms with Crippen molar-refractivity contribution in [2.45, 2.75) is 23.8 Å². The van der Waals surface area contributed by atoms with E-state index in [0.29, 0.717) is 39.1 Å². The third-order valence-corrected chi connectivity index (χ3v) is 8.14. The number of ether oxygens (including phenoxy) is 1. The number of hydrogen-bond donors (Lipinski definition) is 0. The molecule has 2 unspecified atom stereocenters. The third-order valence-electron chi connectivity index (χ3n) is 5.73. The summed E-state index contributed by atoms with van der Waals surface area (Å²) in [7, 11) is -3.58. The van der Waals surface area contributed by atoms with E-state index in [0.717, 1.165) is 10.0 Å². The van der Waals surface area contributed by atoms with Gasteiger partial charge < -0.3 is 9.64 Å². The summed E-state index contributed by atoms with van der Waals surface area (Å²) >= 11 is 3.44. The summed E-state index contributed by atoms with van der Waals surface area (Å²) in [6.07, 6.45) is 1.23. The largest absolute Gasteiger partial charge is 0.370 e. The van der Waals surface area contributed by atoms with Crippen LogP contribution in [0.5, 0.6) is 0 Å². The van der Waals surface area contributed by atoms with Crippen molar-refractivity contribution in [3.8, 4) is 0 Å². The topological polar surface area (TPSA) is 66.9 Å². The van der Waals surface area contributed by atoms with Crippen LogP contribution in [0.25, 0.3) is 0 Å². The Kier molecular flexibility index (Phi) is 6.57. The lowest BCUT2D eigenvalue weighted by atomic mass is 9.97. The lowest BCUT2D eigenvalue weighted by Crippen LogP contribution is -2.50. The third kappa shape index (κ3) is 4.61. The standard InChI is InChI=1S/C22H25BrN2O4S/c23-19-10-8-17(9-11-19)21-16-24(13-14-29-21)22(26)18-5-4-12-25(15-18)30(27,28)20-6-2-1-3-7-20/h1-3,6-11,18,21H,4-5,12-16H2. The maximum Gasteiger partial charge on any atom is 0.243 e. The van der Waals surface area contributed by atoms with Crippen molar-refractivity contribution in [2.24, 2.45) is 5.92 Å². The first-order chi connectivity index (χ1) is 14.4. The number of morpholine rings is 1. The normalized spacial score (nSPS) is 23.3. The smallest absolute Gasteiger partial charge is 0.243 e. The molecule has 0 radical (unpaired) electrons. The van der Waals surface area contributed by atoms with Gasteiger partial charge >= 0.3 is 0 Å². The fourth-order valence-electron chi connectivity index (χ4n) is 4.09. The van der Waals surface area contributed by atoms with Gasteiger partial charge in [0, 0.05) is 24.1 Å². The predicted octanol–water partition coefficient (Wildman–Crippen LogP) is 3.45. The van der Waals surface area contributed by atoms with Crippen molar-refractivity contribution < 1.29 is 17.9 Å². The van der Waals surface area contributed by atoms with E-state index in [2.05, 4.69) is 15.9 Å². The van der Waals surface area contributed by atoms with Gasteiger partial charge in [-0.1, -0.05) is 46.3 Å². The highest BCUT2D eigenvalue weighted by Gasteiger charge is 2.36. The molecule has 4 rings (SSSR count). The van der Waals surface area contributed by atoms with E-state index in [1.54, 1.807) is 30.3 Å². The second-order valence-electron chi connectivity index (χ2n) is 7.71. The fraction of sp³-hybridized carbons (Fsp3) is 0.409. The zero-order chi connectivity index (χ0) is 21.1. The Labute approximate surface area is 186 Å². The Morgan fingerprint density at radius 3 is 2.47 bits per heavy atom. The highest BCUT2D eigenvalue weighted by atomic mass is 79.9. The van der Waals surface area contributed by atoms with E-state index in [9.17, 15) is 13.2 Å². The summed E-state index contributed by atoms with van der Waals surface area (Å²) in [6, 6.07) is 16.4. The summed E-state index contributed by atoms with van der Waals surface area (Å²) < 4.78 is 34.3. The second-order valence-corrected chi connectivity index (χ2v) is 10.6. The Morgan fingerprint density at radius 1 is 1.00 bits per heavy atom. The van der Waals surface area contributed by atoms with Gasteiger partial charge in [0.15, 0.2) is 0 Å². The zero-order valence-electron chi connectivity index (χ0n) is 16.6. The summed E-state index contributed by atoms with van der Waals surface area (Å²) in [5.74, 6) is -0.297. The Balaban J connectivity index is 1.44. The first-order valence-electron chi connectivity index (χ1n) is 10.2. The molecule has 2 saturated heterocycles. The van der Waals surface area contributed by atoms with Gasteiger partial charge in [-0.15, -0.1) is 0 Å². The molecule has 0 aromatic heterocycles. The SMILES string of the molecule is O=C(C1CCCN(S(=O)(=O)c2ccccc2)C1)N1CCOC(c2ccc(Br)cc2)C1. The quantitative estimate of drug-likeness (QED) is 0.655. The predicted molar refractivity (Wildman–Crippen MR) is 117 cm³/mol. The lowest BCUT2D eigenvalue weighted by molar-refractivity contribution is -0.144. The van der Waals surface area contributed by atoms with Crippen molar-refractivity contribution >= 4 is 31.9 Å². The molecule has 0 saturated carbocycles. The Hall–Kier alpha value is -1.74. The van der Waals surface area contributed by atoms with Crippen molar-refractivity contribution in [3.63, 3.8) is 0 Å². The van der Waals surface area contributed by atoms with Crippen LogP contribution in [0.4, 0.5) is 0 Å². The van der Waals surface area contributed by atoms with Crippen LogP contribution in [0.15, 0.2) is 64.0 Å². The van der Waals surface area contributed by atoms with Crippen molar-refractivity contribution in [1.29, 1.82) is 0 Å². The minimum atomic E-state index is -3.58. The summed E-state index contributed by atoms with van der Waals surface area (Å²) in [5.41, 5.74) is 1.03. The summed E-state index contributed by atoms with van der Waals surface area (Å²) in [5, 5.41) is 0. The van der Waals surface area contributed by atoms with Gasteiger partial charge in [0.05, 0.1) is 24.0 Å². The molecule has 6 nitrogen and oxygen atoms in total. The zero-order valence-corrected chi connectivity index (χ0v) is 19.0. The maximum absolute atomic E-state index is 13.2.